The lowest BCUT2D eigenvalue weighted by Crippen LogP contribution is -2.53. The average molecular weight is 731 g/mol. The Morgan fingerprint density at radius 1 is 1.04 bits per heavy atom. The van der Waals surface area contributed by atoms with Crippen LogP contribution in [0.4, 0.5) is 14.9 Å². The van der Waals surface area contributed by atoms with Gasteiger partial charge in [0, 0.05) is 23.4 Å². The molecule has 0 saturated carbocycles. The SMILES string of the molecule is COc1ccc([C@H](Cc2c(Cl)c[n+]([O-])cc2Cl)OC(=O)c2ccc(CN(C(=O)O[C@H]3CN4CCC3CC4)c3ccccc3F)s2)cc1OC. The second kappa shape index (κ2) is 15.2. The van der Waals surface area contributed by atoms with Gasteiger partial charge in [-0.3, -0.25) is 9.80 Å². The summed E-state index contributed by atoms with van der Waals surface area (Å²) >= 11 is 13.9. The van der Waals surface area contributed by atoms with E-state index in [4.69, 9.17) is 42.1 Å². The van der Waals surface area contributed by atoms with Crippen LogP contribution in [0.1, 0.15) is 44.6 Å². The number of para-hydroxylation sites is 1. The number of fused-ring (bicyclic) bond motifs is 3. The van der Waals surface area contributed by atoms with Crippen molar-refractivity contribution in [2.24, 2.45) is 5.92 Å². The van der Waals surface area contributed by atoms with E-state index in [0.717, 1.165) is 37.3 Å². The van der Waals surface area contributed by atoms with Crippen molar-refractivity contribution in [1.29, 1.82) is 0 Å². The minimum absolute atomic E-state index is 0.0254. The maximum Gasteiger partial charge on any atom is 0.415 e. The van der Waals surface area contributed by atoms with Crippen molar-refractivity contribution in [3.63, 3.8) is 0 Å². The van der Waals surface area contributed by atoms with Gasteiger partial charge in [0.15, 0.2) is 23.9 Å². The fraction of sp³-hybridized carbons (Fsp3) is 0.343. The molecule has 4 aromatic rings. The van der Waals surface area contributed by atoms with Gasteiger partial charge in [-0.05, 0) is 73.8 Å². The molecule has 7 rings (SSSR count). The highest BCUT2D eigenvalue weighted by molar-refractivity contribution is 7.14. The molecule has 0 N–H and O–H groups in total. The lowest BCUT2D eigenvalue weighted by Gasteiger charge is -2.44. The second-order valence-corrected chi connectivity index (χ2v) is 13.9. The fourth-order valence-corrected chi connectivity index (χ4v) is 7.74. The Balaban J connectivity index is 1.24. The number of esters is 1. The number of hydrogen-bond donors (Lipinski definition) is 0. The lowest BCUT2D eigenvalue weighted by atomic mass is 9.86. The third-order valence-corrected chi connectivity index (χ3v) is 10.6. The number of carbonyl (C=O) groups excluding carboxylic acids is 2. The Morgan fingerprint density at radius 2 is 1.76 bits per heavy atom. The molecule has 14 heteroatoms. The highest BCUT2D eigenvalue weighted by Gasteiger charge is 2.38. The number of halogens is 3. The van der Waals surface area contributed by atoms with Crippen LogP contribution in [-0.2, 0) is 22.4 Å². The van der Waals surface area contributed by atoms with Crippen molar-refractivity contribution in [1.82, 2.24) is 4.90 Å². The number of benzene rings is 2. The second-order valence-electron chi connectivity index (χ2n) is 11.9. The van der Waals surface area contributed by atoms with Gasteiger partial charge >= 0.3 is 12.1 Å². The number of anilines is 1. The summed E-state index contributed by atoms with van der Waals surface area (Å²) in [7, 11) is 3.00. The molecule has 49 heavy (non-hydrogen) atoms. The summed E-state index contributed by atoms with van der Waals surface area (Å²) in [5.41, 5.74) is 1.06. The fourth-order valence-electron chi connectivity index (χ4n) is 6.26. The Kier molecular flexibility index (Phi) is 10.8. The van der Waals surface area contributed by atoms with E-state index >= 15 is 4.39 Å². The topological polar surface area (TPSA) is 104 Å². The molecule has 0 aliphatic carbocycles. The van der Waals surface area contributed by atoms with Crippen LogP contribution >= 0.6 is 34.5 Å². The molecule has 0 unspecified atom stereocenters. The minimum Gasteiger partial charge on any atom is -0.619 e. The Hall–Kier alpha value is -4.10. The van der Waals surface area contributed by atoms with Crippen molar-refractivity contribution in [3.05, 3.63) is 109 Å². The summed E-state index contributed by atoms with van der Waals surface area (Å²) in [6.45, 7) is 2.61. The predicted molar refractivity (Wildman–Crippen MR) is 183 cm³/mol. The first-order valence-electron chi connectivity index (χ1n) is 15.7. The van der Waals surface area contributed by atoms with Crippen LogP contribution in [0.25, 0.3) is 0 Å². The van der Waals surface area contributed by atoms with Crippen molar-refractivity contribution >= 4 is 52.3 Å². The number of rotatable bonds is 11. The third kappa shape index (κ3) is 7.88. The molecule has 2 aromatic carbocycles. The third-order valence-electron chi connectivity index (χ3n) is 8.86. The molecule has 10 nitrogen and oxygen atoms in total. The number of nitrogens with zero attached hydrogens (tertiary/aromatic N) is 3. The van der Waals surface area contributed by atoms with E-state index < -0.39 is 24.0 Å². The minimum atomic E-state index is -0.901. The zero-order chi connectivity index (χ0) is 34.7. The molecule has 258 valence electrons. The summed E-state index contributed by atoms with van der Waals surface area (Å²) < 4.78 is 38.4. The number of aromatic nitrogens is 1. The number of thiophene rings is 1. The standard InChI is InChI=1S/C35H34Cl2FN3O7S/c1-45-29-9-7-22(15-31(29)46-2)30(16-24-25(36)18-40(44)19-26(24)37)47-34(42)33-10-8-23(49-33)17-41(28-6-4-3-5-27(28)38)35(43)48-32-20-39-13-11-21(32)12-14-39/h3-10,15,18-19,21,30,32H,11-14,16-17,20H2,1-2H3/t30-,32-/m0/s1. The van der Waals surface area contributed by atoms with Gasteiger partial charge in [-0.2, -0.15) is 4.73 Å². The summed E-state index contributed by atoms with van der Waals surface area (Å²) in [6, 6.07) is 14.4. The van der Waals surface area contributed by atoms with Gasteiger partial charge in [0.2, 0.25) is 0 Å². The molecule has 2 bridgehead atoms. The highest BCUT2D eigenvalue weighted by atomic mass is 35.5. The van der Waals surface area contributed by atoms with Crippen LogP contribution in [0.3, 0.4) is 0 Å². The monoisotopic (exact) mass is 729 g/mol. The van der Waals surface area contributed by atoms with Gasteiger partial charge in [0.05, 0.1) is 26.5 Å². The molecule has 1 amide bonds. The van der Waals surface area contributed by atoms with Gasteiger partial charge in [-0.25, -0.2) is 14.0 Å². The van der Waals surface area contributed by atoms with Crippen molar-refractivity contribution in [2.75, 3.05) is 38.8 Å². The molecule has 3 aliphatic rings. The maximum atomic E-state index is 15.0. The molecule has 2 atom stereocenters. The number of pyridine rings is 1. The summed E-state index contributed by atoms with van der Waals surface area (Å²) in [5.74, 6) is -0.0392. The summed E-state index contributed by atoms with van der Waals surface area (Å²) in [5, 5.41) is 12.1. The first-order valence-corrected chi connectivity index (χ1v) is 17.2. The van der Waals surface area contributed by atoms with E-state index in [1.165, 1.54) is 43.6 Å². The number of carbonyl (C=O) groups is 2. The van der Waals surface area contributed by atoms with Gasteiger partial charge in [0.25, 0.3) is 0 Å². The van der Waals surface area contributed by atoms with Crippen LogP contribution in [-0.4, -0.2) is 56.9 Å². The number of ether oxygens (including phenoxy) is 4. The van der Waals surface area contributed by atoms with Crippen LogP contribution < -0.4 is 19.1 Å². The smallest absolute Gasteiger partial charge is 0.415 e. The molecule has 2 aromatic heterocycles. The Labute approximate surface area is 297 Å². The summed E-state index contributed by atoms with van der Waals surface area (Å²) in [6.07, 6.45) is 2.49. The highest BCUT2D eigenvalue weighted by Crippen LogP contribution is 2.36. The first-order chi connectivity index (χ1) is 23.6. The van der Waals surface area contributed by atoms with Crippen LogP contribution in [0.2, 0.25) is 10.0 Å². The van der Waals surface area contributed by atoms with Gasteiger partial charge < -0.3 is 24.2 Å². The van der Waals surface area contributed by atoms with E-state index in [9.17, 15) is 14.8 Å². The summed E-state index contributed by atoms with van der Waals surface area (Å²) in [4.78, 5) is 31.7. The van der Waals surface area contributed by atoms with E-state index in [2.05, 4.69) is 4.90 Å². The Morgan fingerprint density at radius 3 is 2.41 bits per heavy atom. The van der Waals surface area contributed by atoms with Gasteiger partial charge in [0.1, 0.15) is 32.9 Å². The normalized spacial score (nSPS) is 18.8. The largest absolute Gasteiger partial charge is 0.619 e. The first kappa shape index (κ1) is 34.8. The molecule has 0 spiro atoms. The van der Waals surface area contributed by atoms with Crippen molar-refractivity contribution in [2.45, 2.75) is 38.0 Å². The molecule has 3 fully saturated rings. The molecule has 5 heterocycles. The molecular weight excluding hydrogens is 696 g/mol. The lowest BCUT2D eigenvalue weighted by molar-refractivity contribution is -0.605. The van der Waals surface area contributed by atoms with E-state index in [-0.39, 0.29) is 45.6 Å². The number of piperidine rings is 3. The Bertz CT molecular complexity index is 1810. The number of hydrogen-bond acceptors (Lipinski definition) is 9. The predicted octanol–water partition coefficient (Wildman–Crippen LogP) is 7.22. The van der Waals surface area contributed by atoms with E-state index in [1.807, 2.05) is 0 Å². The zero-order valence-electron chi connectivity index (χ0n) is 26.8. The average Bonchev–Trinajstić information content (AvgIpc) is 3.57. The quantitative estimate of drug-likeness (QED) is 0.0906. The molecular formula is C35H34Cl2FN3O7S. The molecule has 0 radical (unpaired) electrons. The van der Waals surface area contributed by atoms with Crippen molar-refractivity contribution in [3.8, 4) is 11.5 Å². The maximum absolute atomic E-state index is 15.0. The van der Waals surface area contributed by atoms with Crippen LogP contribution in [0.5, 0.6) is 11.5 Å². The van der Waals surface area contributed by atoms with Crippen molar-refractivity contribution < 1.29 is 37.7 Å². The number of amides is 1. The zero-order valence-corrected chi connectivity index (χ0v) is 29.1. The van der Waals surface area contributed by atoms with Crippen LogP contribution in [0, 0.1) is 16.9 Å². The van der Waals surface area contributed by atoms with E-state index in [0.29, 0.717) is 38.8 Å². The van der Waals surface area contributed by atoms with Crippen LogP contribution in [0.15, 0.2) is 67.0 Å². The van der Waals surface area contributed by atoms with E-state index in [1.54, 1.807) is 42.5 Å². The number of methoxy groups -OCH3 is 2. The van der Waals surface area contributed by atoms with Gasteiger partial charge in [-0.1, -0.05) is 41.4 Å². The molecule has 3 saturated heterocycles. The van der Waals surface area contributed by atoms with Gasteiger partial charge in [-0.15, -0.1) is 11.3 Å². The molecule has 3 aliphatic heterocycles.